The molecule has 2 aliphatic heterocycles. The van der Waals surface area contributed by atoms with E-state index in [0.29, 0.717) is 13.1 Å². The highest BCUT2D eigenvalue weighted by Gasteiger charge is 2.37. The van der Waals surface area contributed by atoms with Crippen LogP contribution in [0.15, 0.2) is 60.9 Å². The van der Waals surface area contributed by atoms with Gasteiger partial charge >= 0.3 is 6.09 Å². The Hall–Kier alpha value is -4.60. The molecule has 51 heavy (non-hydrogen) atoms. The van der Waals surface area contributed by atoms with E-state index in [4.69, 9.17) is 4.74 Å². The summed E-state index contributed by atoms with van der Waals surface area (Å²) in [6, 6.07) is 15.0. The maximum atomic E-state index is 13.3. The maximum Gasteiger partial charge on any atom is 0.405 e. The van der Waals surface area contributed by atoms with E-state index >= 15 is 0 Å². The van der Waals surface area contributed by atoms with E-state index in [1.807, 2.05) is 6.20 Å². The molecule has 272 valence electrons. The zero-order valence-electron chi connectivity index (χ0n) is 29.2. The average Bonchev–Trinajstić information content (AvgIpc) is 3.95. The molecular weight excluding hydrogens is 652 g/mol. The number of amides is 2. The van der Waals surface area contributed by atoms with Gasteiger partial charge in [-0.3, -0.25) is 15.0 Å². The van der Waals surface area contributed by atoms with Gasteiger partial charge < -0.3 is 40.2 Å². The molecule has 7 N–H and O–H groups in total. The molecule has 0 aliphatic carbocycles. The summed E-state index contributed by atoms with van der Waals surface area (Å²) in [6.07, 6.45) is 4.33. The molecule has 0 radical (unpaired) electrons. The van der Waals surface area contributed by atoms with Gasteiger partial charge in [0.1, 0.15) is 17.7 Å². The molecule has 0 bridgehead atoms. The number of aromatic nitrogens is 4. The van der Waals surface area contributed by atoms with Gasteiger partial charge in [0, 0.05) is 20.2 Å². The van der Waals surface area contributed by atoms with Crippen LogP contribution in [0.3, 0.4) is 0 Å². The predicted molar refractivity (Wildman–Crippen MR) is 191 cm³/mol. The molecule has 6 rings (SSSR count). The van der Waals surface area contributed by atoms with Crippen molar-refractivity contribution in [2.75, 3.05) is 33.5 Å². The van der Waals surface area contributed by atoms with Crippen molar-refractivity contribution < 1.29 is 29.6 Å². The smallest absolute Gasteiger partial charge is 0.405 e. The SMILES string of the molecule is COCN[C@H](C(=O)N1CCCC1c1ncc(-c2ccc(-c3ccc(-c4cnc([C@@H]5CCCN5C[C@H](NC(=O)O)[C@@H](C)O)[nH]4)cc3)cc2)[nH]1)[C@@H](C)O. The van der Waals surface area contributed by atoms with Gasteiger partial charge in [-0.2, -0.15) is 0 Å². The van der Waals surface area contributed by atoms with Gasteiger partial charge in [-0.05, 0) is 68.3 Å². The summed E-state index contributed by atoms with van der Waals surface area (Å²) in [7, 11) is 1.54. The van der Waals surface area contributed by atoms with Gasteiger partial charge in [0.15, 0.2) is 0 Å². The molecule has 0 saturated carbocycles. The Labute approximate surface area is 297 Å². The van der Waals surface area contributed by atoms with Crippen LogP contribution in [-0.4, -0.2) is 115 Å². The van der Waals surface area contributed by atoms with Crippen LogP contribution in [0.5, 0.6) is 0 Å². The molecule has 14 heteroatoms. The third-order valence-electron chi connectivity index (χ3n) is 9.97. The lowest BCUT2D eigenvalue weighted by atomic mass is 10.0. The van der Waals surface area contributed by atoms with Crippen molar-refractivity contribution in [2.24, 2.45) is 0 Å². The molecule has 6 atom stereocenters. The first-order valence-corrected chi connectivity index (χ1v) is 17.6. The monoisotopic (exact) mass is 700 g/mol. The first kappa shape index (κ1) is 36.2. The number of likely N-dealkylation sites (tertiary alicyclic amines) is 2. The summed E-state index contributed by atoms with van der Waals surface area (Å²) in [5, 5.41) is 34.9. The summed E-state index contributed by atoms with van der Waals surface area (Å²) in [5.41, 5.74) is 5.90. The molecule has 2 amide bonds. The molecule has 2 aliphatic rings. The standard InChI is InChI=1S/C37H48N8O6/c1-22(46)30(43-37(49)50)20-44-16-4-6-31(44)34-38-18-28(41-34)26-12-8-24(9-13-26)25-10-14-27(15-11-25)29-19-39-35(42-29)32-7-5-17-45(32)36(48)33(23(2)47)40-21-51-3/h8-15,18-19,22-23,30-33,40,43,46-47H,4-7,16-17,20-21H2,1-3H3,(H,38,41)(H,39,42)(H,49,50)/t22-,23-,30+,31+,32?,33+/m1/s1. The number of methoxy groups -OCH3 is 1. The number of hydrogen-bond acceptors (Lipinski definition) is 9. The van der Waals surface area contributed by atoms with Crippen molar-refractivity contribution in [1.82, 2.24) is 40.4 Å². The Morgan fingerprint density at radius 1 is 0.843 bits per heavy atom. The number of carbonyl (C=O) groups is 2. The summed E-state index contributed by atoms with van der Waals surface area (Å²) < 4.78 is 5.06. The van der Waals surface area contributed by atoms with E-state index in [2.05, 4.69) is 84.0 Å². The fourth-order valence-electron chi connectivity index (χ4n) is 7.20. The van der Waals surface area contributed by atoms with Gasteiger partial charge in [-0.1, -0.05) is 48.5 Å². The molecule has 14 nitrogen and oxygen atoms in total. The molecule has 2 aromatic carbocycles. The Morgan fingerprint density at radius 2 is 1.37 bits per heavy atom. The van der Waals surface area contributed by atoms with Gasteiger partial charge in [0.05, 0.1) is 60.8 Å². The predicted octanol–water partition coefficient (Wildman–Crippen LogP) is 3.89. The number of benzene rings is 2. The molecule has 0 spiro atoms. The number of rotatable bonds is 14. The fourth-order valence-corrected chi connectivity index (χ4v) is 7.20. The van der Waals surface area contributed by atoms with Crippen molar-refractivity contribution in [3.05, 3.63) is 72.6 Å². The van der Waals surface area contributed by atoms with Crippen LogP contribution in [0.2, 0.25) is 0 Å². The number of carboxylic acid groups (broad SMARTS) is 1. The molecule has 2 fully saturated rings. The van der Waals surface area contributed by atoms with Gasteiger partial charge in [-0.15, -0.1) is 0 Å². The molecule has 1 unspecified atom stereocenters. The topological polar surface area (TPSA) is 192 Å². The number of H-pyrrole nitrogens is 2. The molecule has 2 saturated heterocycles. The number of hydrogen-bond donors (Lipinski definition) is 7. The highest BCUT2D eigenvalue weighted by Crippen LogP contribution is 2.34. The highest BCUT2D eigenvalue weighted by molar-refractivity contribution is 5.83. The molecular formula is C37H48N8O6. The first-order chi connectivity index (χ1) is 24.6. The average molecular weight is 701 g/mol. The molecule has 2 aromatic heterocycles. The van der Waals surface area contributed by atoms with Gasteiger partial charge in [-0.25, -0.2) is 14.8 Å². The lowest BCUT2D eigenvalue weighted by Crippen LogP contribution is -2.52. The van der Waals surface area contributed by atoms with Crippen LogP contribution in [-0.2, 0) is 9.53 Å². The summed E-state index contributed by atoms with van der Waals surface area (Å²) in [6.45, 7) is 5.17. The number of aliphatic hydroxyl groups is 2. The second kappa shape index (κ2) is 16.2. The van der Waals surface area contributed by atoms with Crippen LogP contribution in [0.4, 0.5) is 4.79 Å². The summed E-state index contributed by atoms with van der Waals surface area (Å²) in [4.78, 5) is 44.8. The summed E-state index contributed by atoms with van der Waals surface area (Å²) in [5.74, 6) is 1.40. The largest absolute Gasteiger partial charge is 0.465 e. The van der Waals surface area contributed by atoms with E-state index in [1.165, 1.54) is 7.11 Å². The minimum absolute atomic E-state index is 0.0183. The summed E-state index contributed by atoms with van der Waals surface area (Å²) >= 11 is 0. The lowest BCUT2D eigenvalue weighted by Gasteiger charge is -2.29. The van der Waals surface area contributed by atoms with Crippen molar-refractivity contribution in [3.63, 3.8) is 0 Å². The van der Waals surface area contributed by atoms with Gasteiger partial charge in [0.25, 0.3) is 0 Å². The lowest BCUT2D eigenvalue weighted by molar-refractivity contribution is -0.137. The quantitative estimate of drug-likeness (QED) is 0.0950. The number of carbonyl (C=O) groups excluding carboxylic acids is 1. The number of aliphatic hydroxyl groups excluding tert-OH is 2. The Bertz CT molecular complexity index is 1750. The van der Waals surface area contributed by atoms with E-state index in [-0.39, 0.29) is 24.7 Å². The van der Waals surface area contributed by atoms with E-state index in [1.54, 1.807) is 24.9 Å². The van der Waals surface area contributed by atoms with Crippen molar-refractivity contribution >= 4 is 12.0 Å². The van der Waals surface area contributed by atoms with Crippen LogP contribution in [0, 0.1) is 0 Å². The van der Waals surface area contributed by atoms with Gasteiger partial charge in [0.2, 0.25) is 5.91 Å². The Balaban J connectivity index is 1.09. The number of imidazole rings is 2. The first-order valence-electron chi connectivity index (χ1n) is 17.6. The third kappa shape index (κ3) is 8.32. The van der Waals surface area contributed by atoms with Crippen LogP contribution in [0.25, 0.3) is 33.6 Å². The van der Waals surface area contributed by atoms with E-state index in [0.717, 1.165) is 77.5 Å². The number of nitrogens with zero attached hydrogens (tertiary/aromatic N) is 4. The normalized spacial score (nSPS) is 20.3. The molecule has 4 heterocycles. The highest BCUT2D eigenvalue weighted by atomic mass is 16.5. The second-order valence-corrected chi connectivity index (χ2v) is 13.5. The number of aromatic amines is 2. The fraction of sp³-hybridized carbons (Fsp3) is 0.459. The van der Waals surface area contributed by atoms with Crippen molar-refractivity contribution in [3.8, 4) is 33.6 Å². The zero-order chi connectivity index (χ0) is 36.1. The maximum absolute atomic E-state index is 13.3. The minimum Gasteiger partial charge on any atom is -0.465 e. The number of ether oxygens (including phenoxy) is 1. The molecule has 4 aromatic rings. The van der Waals surface area contributed by atoms with E-state index in [9.17, 15) is 24.9 Å². The van der Waals surface area contributed by atoms with Crippen molar-refractivity contribution in [1.29, 1.82) is 0 Å². The Morgan fingerprint density at radius 3 is 1.90 bits per heavy atom. The van der Waals surface area contributed by atoms with E-state index < -0.39 is 30.4 Å². The third-order valence-corrected chi connectivity index (χ3v) is 9.97. The van der Waals surface area contributed by atoms with Crippen LogP contribution >= 0.6 is 0 Å². The minimum atomic E-state index is -1.15. The zero-order valence-corrected chi connectivity index (χ0v) is 29.2. The number of nitrogens with one attached hydrogen (secondary N) is 4. The Kier molecular flexibility index (Phi) is 11.5. The van der Waals surface area contributed by atoms with Crippen LogP contribution in [0.1, 0.15) is 63.3 Å². The van der Waals surface area contributed by atoms with Crippen molar-refractivity contribution in [2.45, 2.75) is 75.9 Å². The van der Waals surface area contributed by atoms with Crippen LogP contribution < -0.4 is 10.6 Å². The second-order valence-electron chi connectivity index (χ2n) is 13.5.